The number of carbonyl (C=O) groups excluding carboxylic acids is 6. The van der Waals surface area contributed by atoms with Gasteiger partial charge in [0.15, 0.2) is 0 Å². The smallest absolute Gasteiger partial charge is 0.313 e. The highest BCUT2D eigenvalue weighted by molar-refractivity contribution is 7.17. The number of rotatable bonds is 12. The van der Waals surface area contributed by atoms with Crippen LogP contribution in [-0.4, -0.2) is 139 Å². The minimum Gasteiger partial charge on any atom is -0.383 e. The molecule has 9 N–H and O–H groups in total. The van der Waals surface area contributed by atoms with Crippen molar-refractivity contribution in [3.63, 3.8) is 0 Å². The highest BCUT2D eigenvalue weighted by atomic mass is 32.1. The number of nitrogens with zero attached hydrogens (tertiary/aromatic N) is 9. The van der Waals surface area contributed by atoms with Crippen LogP contribution in [0.3, 0.4) is 0 Å². The number of thiazole rings is 3. The van der Waals surface area contributed by atoms with Gasteiger partial charge in [-0.25, -0.2) is 29.9 Å². The van der Waals surface area contributed by atoms with E-state index in [-0.39, 0.29) is 54.2 Å². The number of pyridine rings is 3. The molecular formula is C72H81N15O9S3. The molecule has 516 valence electrons. The molecule has 24 nitrogen and oxygen atoms in total. The van der Waals surface area contributed by atoms with Crippen LogP contribution in [0.5, 0.6) is 0 Å². The molecule has 9 heterocycles. The zero-order chi connectivity index (χ0) is 69.3. The SMILES string of the molecule is COC1C[C@@H](c2ccc3scnc3c2)N(C(=O)C(=O)Nc2cnc(N)c(C3CC3)c2)C[C@@H]1C.CO[C@@H]1C[C@@H](c2ccc3scnc3c2)N(C(=O)C(=O)Nc2cnc(N)c(C3CC3)c2)C[C@@H]1C.CO[C@H]1C[C@H](c2ccc3scnc3c2)N(C(=O)C(=O)Nc2cnc(N)c(C3CC3)c2)C[C@H]1C. The van der Waals surface area contributed by atoms with E-state index in [1.807, 2.05) is 110 Å². The van der Waals surface area contributed by atoms with Crippen molar-refractivity contribution >= 4 is 135 Å². The fourth-order valence-corrected chi connectivity index (χ4v) is 16.0. The molecule has 9 atom stereocenters. The molecule has 0 radical (unpaired) electrons. The fraction of sp³-hybridized carbons (Fsp3) is 0.417. The number of piperidine rings is 3. The van der Waals surface area contributed by atoms with Crippen LogP contribution in [0.4, 0.5) is 34.5 Å². The van der Waals surface area contributed by atoms with Gasteiger partial charge in [-0.2, -0.15) is 0 Å². The summed E-state index contributed by atoms with van der Waals surface area (Å²) in [5.74, 6) is -0.791. The molecule has 3 saturated heterocycles. The molecule has 3 aliphatic carbocycles. The Morgan fingerprint density at radius 2 is 0.687 bits per heavy atom. The number of amides is 6. The summed E-state index contributed by atoms with van der Waals surface area (Å²) < 4.78 is 20.3. The van der Waals surface area contributed by atoms with Gasteiger partial charge >= 0.3 is 35.4 Å². The van der Waals surface area contributed by atoms with Gasteiger partial charge in [0.05, 0.1) is 119 Å². The Morgan fingerprint density at radius 3 is 0.939 bits per heavy atom. The molecule has 6 amide bonds. The molecule has 1 unspecified atom stereocenters. The number of fused-ring (bicyclic) bond motifs is 3. The summed E-state index contributed by atoms with van der Waals surface area (Å²) in [6, 6.07) is 22.8. The maximum absolute atomic E-state index is 13.4. The molecular weight excluding hydrogens is 1320 g/mol. The van der Waals surface area contributed by atoms with Crippen molar-refractivity contribution in [1.29, 1.82) is 0 Å². The van der Waals surface area contributed by atoms with E-state index in [1.165, 1.54) is 18.6 Å². The monoisotopic (exact) mass is 1400 g/mol. The molecule has 6 fully saturated rings. The Bertz CT molecular complexity index is 4070. The number of hydrogen-bond acceptors (Lipinski definition) is 21. The van der Waals surface area contributed by atoms with Gasteiger partial charge in [-0.15, -0.1) is 34.0 Å². The van der Waals surface area contributed by atoms with E-state index in [0.29, 0.717) is 91.2 Å². The first-order valence-corrected chi connectivity index (χ1v) is 36.2. The highest BCUT2D eigenvalue weighted by Crippen LogP contribution is 2.46. The number of aromatic nitrogens is 6. The second-order valence-electron chi connectivity index (χ2n) is 26.9. The van der Waals surface area contributed by atoms with Gasteiger partial charge in [0, 0.05) is 58.7 Å². The average molecular weight is 1400 g/mol. The largest absolute Gasteiger partial charge is 0.383 e. The summed E-state index contributed by atoms with van der Waals surface area (Å²) in [5, 5.41) is 8.21. The predicted molar refractivity (Wildman–Crippen MR) is 384 cm³/mol. The standard InChI is InChI=1S/3C24H27N5O3S/c3*1-13-11-29(19(9-20(13)32-2)15-5-6-21-18(7-15)27-12-33-21)24(31)23(30)28-16-8-17(14-3-4-14)22(25)26-10-16/h3*5-8,10,12-14,19-20H,3-4,9,11H2,1-2H3,(H2,25,26)(H,28,30)/t13-,19-,20?;2*13-,19-,20+/m010/s1. The Balaban J connectivity index is 0.000000133. The lowest BCUT2D eigenvalue weighted by Gasteiger charge is -2.42. The lowest BCUT2D eigenvalue weighted by molar-refractivity contribution is -0.149. The lowest BCUT2D eigenvalue weighted by atomic mass is 9.87. The van der Waals surface area contributed by atoms with Crippen molar-refractivity contribution in [2.24, 2.45) is 17.8 Å². The summed E-state index contributed by atoms with van der Waals surface area (Å²) in [6.45, 7) is 7.40. The molecule has 0 bridgehead atoms. The molecule has 27 heteroatoms. The molecule has 99 heavy (non-hydrogen) atoms. The van der Waals surface area contributed by atoms with Crippen molar-refractivity contribution in [2.45, 2.75) is 133 Å². The summed E-state index contributed by atoms with van der Waals surface area (Å²) in [4.78, 5) is 110. The average Bonchev–Trinajstić information content (AvgIpc) is 1.77. The minimum atomic E-state index is -0.675. The highest BCUT2D eigenvalue weighted by Gasteiger charge is 2.43. The van der Waals surface area contributed by atoms with Crippen LogP contribution in [0.25, 0.3) is 30.6 Å². The van der Waals surface area contributed by atoms with Gasteiger partial charge < -0.3 is 62.1 Å². The van der Waals surface area contributed by atoms with E-state index in [4.69, 9.17) is 31.4 Å². The molecule has 6 aliphatic rings. The van der Waals surface area contributed by atoms with Gasteiger partial charge in [0.25, 0.3) is 0 Å². The van der Waals surface area contributed by atoms with Crippen LogP contribution in [0, 0.1) is 17.8 Å². The molecule has 0 spiro atoms. The van der Waals surface area contributed by atoms with Crippen LogP contribution < -0.4 is 33.2 Å². The van der Waals surface area contributed by atoms with Crippen LogP contribution in [0.2, 0.25) is 0 Å². The Kier molecular flexibility index (Phi) is 20.3. The number of nitrogens with one attached hydrogen (secondary N) is 3. The topological polar surface area (TPSA) is 331 Å². The number of carbonyl (C=O) groups is 6. The fourth-order valence-electron chi connectivity index (χ4n) is 14.0. The Labute approximate surface area is 584 Å². The van der Waals surface area contributed by atoms with E-state index < -0.39 is 35.4 Å². The molecule has 9 aromatic rings. The molecule has 15 rings (SSSR count). The first-order valence-electron chi connectivity index (χ1n) is 33.5. The molecule has 3 aromatic carbocycles. The number of nitrogens with two attached hydrogens (primary N) is 3. The number of benzene rings is 3. The predicted octanol–water partition coefficient (Wildman–Crippen LogP) is 11.1. The van der Waals surface area contributed by atoms with Crippen molar-refractivity contribution in [3.05, 3.63) is 141 Å². The van der Waals surface area contributed by atoms with Crippen molar-refractivity contribution in [2.75, 3.05) is 74.1 Å². The van der Waals surface area contributed by atoms with Crippen LogP contribution in [-0.2, 0) is 43.0 Å². The number of anilines is 6. The summed E-state index contributed by atoms with van der Waals surface area (Å²) in [5.41, 5.74) is 33.2. The molecule has 6 aromatic heterocycles. The van der Waals surface area contributed by atoms with Crippen molar-refractivity contribution in [1.82, 2.24) is 44.6 Å². The molecule has 3 saturated carbocycles. The zero-order valence-electron chi connectivity index (χ0n) is 56.0. The second kappa shape index (κ2) is 29.4. The van der Waals surface area contributed by atoms with Gasteiger partial charge in [0.2, 0.25) is 0 Å². The first-order chi connectivity index (χ1) is 47.8. The van der Waals surface area contributed by atoms with Gasteiger partial charge in [0.1, 0.15) is 17.5 Å². The minimum absolute atomic E-state index is 0.00404. The van der Waals surface area contributed by atoms with E-state index in [9.17, 15) is 28.8 Å². The summed E-state index contributed by atoms with van der Waals surface area (Å²) >= 11 is 4.72. The normalized spacial score (nSPS) is 23.0. The van der Waals surface area contributed by atoms with Crippen molar-refractivity contribution < 1.29 is 43.0 Å². The van der Waals surface area contributed by atoms with E-state index >= 15 is 0 Å². The molecule has 3 aliphatic heterocycles. The maximum atomic E-state index is 13.4. The second-order valence-corrected chi connectivity index (χ2v) is 29.6. The van der Waals surface area contributed by atoms with E-state index in [2.05, 4.69) is 45.9 Å². The van der Waals surface area contributed by atoms with Crippen LogP contribution >= 0.6 is 34.0 Å². The number of ether oxygens (including phenoxy) is 3. The van der Waals surface area contributed by atoms with E-state index in [1.54, 1.807) is 70.0 Å². The quantitative estimate of drug-likeness (QED) is 0.0619. The summed E-state index contributed by atoms with van der Waals surface area (Å²) in [7, 11) is 5.08. The Hall–Kier alpha value is -9.12. The number of nitrogen functional groups attached to an aromatic ring is 3. The van der Waals surface area contributed by atoms with Gasteiger partial charge in [-0.05, 0) is 164 Å². The van der Waals surface area contributed by atoms with Gasteiger partial charge in [-0.3, -0.25) is 28.8 Å². The van der Waals surface area contributed by atoms with Crippen LogP contribution in [0.15, 0.2) is 108 Å². The third-order valence-corrected chi connectivity index (χ3v) is 22.4. The third-order valence-electron chi connectivity index (χ3n) is 20.0. The lowest BCUT2D eigenvalue weighted by Crippen LogP contribution is -2.50. The van der Waals surface area contributed by atoms with Crippen LogP contribution in [0.1, 0.15) is 148 Å². The number of methoxy groups -OCH3 is 3. The van der Waals surface area contributed by atoms with Crippen molar-refractivity contribution in [3.8, 4) is 0 Å². The number of likely N-dealkylation sites (tertiary alicyclic amines) is 3. The van der Waals surface area contributed by atoms with Gasteiger partial charge in [-0.1, -0.05) is 39.0 Å². The first kappa shape index (κ1) is 68.4. The zero-order valence-corrected chi connectivity index (χ0v) is 58.4. The maximum Gasteiger partial charge on any atom is 0.313 e. The Morgan fingerprint density at radius 1 is 0.414 bits per heavy atom. The third kappa shape index (κ3) is 15.2. The van der Waals surface area contributed by atoms with E-state index in [0.717, 1.165) is 103 Å². The summed E-state index contributed by atoms with van der Waals surface area (Å²) in [6.07, 6.45) is 12.7. The number of hydrogen-bond donors (Lipinski definition) is 6.